The van der Waals surface area contributed by atoms with Gasteiger partial charge in [0.1, 0.15) is 11.3 Å². The maximum absolute atomic E-state index is 11.6. The van der Waals surface area contributed by atoms with E-state index >= 15 is 0 Å². The molecule has 30 heavy (non-hydrogen) atoms. The molecule has 0 aliphatic carbocycles. The SMILES string of the molecule is COc1cc(Nc2ncc(C(=O)O)c(Nc3ccc4oc(=O)[nH]c4c3)n2)ccc1C. The summed E-state index contributed by atoms with van der Waals surface area (Å²) in [5.41, 5.74) is 2.93. The van der Waals surface area contributed by atoms with Gasteiger partial charge < -0.3 is 24.9 Å². The molecule has 10 nitrogen and oxygen atoms in total. The molecule has 0 spiro atoms. The van der Waals surface area contributed by atoms with Gasteiger partial charge in [0.05, 0.1) is 12.6 Å². The van der Waals surface area contributed by atoms with Crippen molar-refractivity contribution in [3.8, 4) is 5.75 Å². The molecule has 0 unspecified atom stereocenters. The molecule has 4 N–H and O–H groups in total. The number of carboxylic acids is 1. The van der Waals surface area contributed by atoms with E-state index in [4.69, 9.17) is 9.15 Å². The Morgan fingerprint density at radius 1 is 1.17 bits per heavy atom. The first-order chi connectivity index (χ1) is 14.4. The normalized spacial score (nSPS) is 10.7. The molecular weight excluding hydrogens is 390 g/mol. The van der Waals surface area contributed by atoms with E-state index in [-0.39, 0.29) is 17.3 Å². The maximum Gasteiger partial charge on any atom is 0.417 e. The summed E-state index contributed by atoms with van der Waals surface area (Å²) in [5, 5.41) is 15.5. The molecule has 0 radical (unpaired) electrons. The van der Waals surface area contributed by atoms with Crippen molar-refractivity contribution in [3.63, 3.8) is 0 Å². The van der Waals surface area contributed by atoms with E-state index in [0.717, 1.165) is 5.56 Å². The van der Waals surface area contributed by atoms with Crippen molar-refractivity contribution in [2.45, 2.75) is 6.92 Å². The van der Waals surface area contributed by atoms with Crippen molar-refractivity contribution in [1.29, 1.82) is 0 Å². The minimum Gasteiger partial charge on any atom is -0.496 e. The fraction of sp³-hybridized carbons (Fsp3) is 0.100. The van der Waals surface area contributed by atoms with E-state index in [0.29, 0.717) is 28.2 Å². The second-order valence-corrected chi connectivity index (χ2v) is 6.42. The maximum atomic E-state index is 11.6. The van der Waals surface area contributed by atoms with Crippen LogP contribution in [0, 0.1) is 6.92 Å². The summed E-state index contributed by atoms with van der Waals surface area (Å²) >= 11 is 0. The highest BCUT2D eigenvalue weighted by Gasteiger charge is 2.15. The molecule has 4 aromatic rings. The lowest BCUT2D eigenvalue weighted by molar-refractivity contribution is 0.0697. The molecule has 0 saturated heterocycles. The predicted octanol–water partition coefficient (Wildman–Crippen LogP) is 3.41. The molecule has 0 saturated carbocycles. The van der Waals surface area contributed by atoms with Crippen LogP contribution < -0.4 is 21.1 Å². The molecule has 2 aromatic carbocycles. The number of H-pyrrole nitrogens is 1. The van der Waals surface area contributed by atoms with Crippen LogP contribution in [0.5, 0.6) is 5.75 Å². The van der Waals surface area contributed by atoms with Crippen LogP contribution in [0.4, 0.5) is 23.1 Å². The minimum absolute atomic E-state index is 0.0873. The summed E-state index contributed by atoms with van der Waals surface area (Å²) in [6.07, 6.45) is 1.21. The molecule has 0 aliphatic heterocycles. The Morgan fingerprint density at radius 3 is 2.70 bits per heavy atom. The lowest BCUT2D eigenvalue weighted by Crippen LogP contribution is -2.08. The number of aryl methyl sites for hydroxylation is 1. The van der Waals surface area contributed by atoms with Gasteiger partial charge >= 0.3 is 11.7 Å². The highest BCUT2D eigenvalue weighted by molar-refractivity contribution is 5.94. The molecule has 0 aliphatic rings. The van der Waals surface area contributed by atoms with Crippen LogP contribution >= 0.6 is 0 Å². The van der Waals surface area contributed by atoms with Crippen molar-refractivity contribution in [3.05, 3.63) is 64.3 Å². The number of carbonyl (C=O) groups is 1. The van der Waals surface area contributed by atoms with Gasteiger partial charge in [0.25, 0.3) is 0 Å². The second kappa shape index (κ2) is 7.59. The van der Waals surface area contributed by atoms with Crippen LogP contribution in [0.25, 0.3) is 11.1 Å². The third-order valence-electron chi connectivity index (χ3n) is 4.37. The van der Waals surface area contributed by atoms with Gasteiger partial charge in [-0.05, 0) is 36.8 Å². The van der Waals surface area contributed by atoms with Crippen LogP contribution in [-0.2, 0) is 0 Å². The molecular formula is C20H17N5O5. The number of oxazole rings is 1. The number of hydrogen-bond acceptors (Lipinski definition) is 8. The van der Waals surface area contributed by atoms with Crippen molar-refractivity contribution < 1.29 is 19.1 Å². The average Bonchev–Trinajstić information content (AvgIpc) is 3.08. The van der Waals surface area contributed by atoms with E-state index in [2.05, 4.69) is 25.6 Å². The number of carboxylic acid groups (broad SMARTS) is 1. The quantitative estimate of drug-likeness (QED) is 0.378. The first kappa shape index (κ1) is 19.0. The van der Waals surface area contributed by atoms with Crippen LogP contribution in [0.2, 0.25) is 0 Å². The Hall–Kier alpha value is -4.34. The zero-order valence-electron chi connectivity index (χ0n) is 16.0. The first-order valence-corrected chi connectivity index (χ1v) is 8.85. The van der Waals surface area contributed by atoms with Crippen LogP contribution in [0.1, 0.15) is 15.9 Å². The molecule has 10 heteroatoms. The van der Waals surface area contributed by atoms with Gasteiger partial charge in [-0.2, -0.15) is 4.98 Å². The molecule has 2 aromatic heterocycles. The number of anilines is 4. The first-order valence-electron chi connectivity index (χ1n) is 8.85. The number of nitrogens with zero attached hydrogens (tertiary/aromatic N) is 2. The number of aromatic carboxylic acids is 1. The Morgan fingerprint density at radius 2 is 1.93 bits per heavy atom. The Kier molecular flexibility index (Phi) is 4.80. The summed E-state index contributed by atoms with van der Waals surface area (Å²) in [4.78, 5) is 33.9. The number of fused-ring (bicyclic) bond motifs is 1. The molecule has 0 bridgehead atoms. The predicted molar refractivity (Wildman–Crippen MR) is 110 cm³/mol. The Labute approximate surface area is 169 Å². The fourth-order valence-electron chi connectivity index (χ4n) is 2.89. The lowest BCUT2D eigenvalue weighted by atomic mass is 10.2. The fourth-order valence-corrected chi connectivity index (χ4v) is 2.89. The molecule has 0 atom stereocenters. The standard InChI is InChI=1S/C20H17N5O5/c1-10-3-4-12(8-16(10)29-2)23-19-21-9-13(18(26)27)17(25-19)22-11-5-6-15-14(7-11)24-20(28)30-15/h3-9H,1-2H3,(H,24,28)(H,26,27)(H2,21,22,23,25). The summed E-state index contributed by atoms with van der Waals surface area (Å²) in [6, 6.07) is 10.4. The average molecular weight is 407 g/mol. The van der Waals surface area contributed by atoms with Crippen molar-refractivity contribution in [2.24, 2.45) is 0 Å². The number of methoxy groups -OCH3 is 1. The summed E-state index contributed by atoms with van der Waals surface area (Å²) in [6.45, 7) is 1.92. The summed E-state index contributed by atoms with van der Waals surface area (Å²) in [7, 11) is 1.58. The van der Waals surface area contributed by atoms with E-state index < -0.39 is 11.7 Å². The van der Waals surface area contributed by atoms with Gasteiger partial charge in [-0.25, -0.2) is 14.6 Å². The molecule has 4 rings (SSSR count). The highest BCUT2D eigenvalue weighted by atomic mass is 16.5. The number of ether oxygens (including phenoxy) is 1. The summed E-state index contributed by atoms with van der Waals surface area (Å²) in [5.74, 6) is -0.771. The van der Waals surface area contributed by atoms with Gasteiger partial charge in [-0.1, -0.05) is 6.07 Å². The third-order valence-corrected chi connectivity index (χ3v) is 4.37. The number of rotatable bonds is 6. The van der Waals surface area contributed by atoms with Gasteiger partial charge in [0.15, 0.2) is 11.4 Å². The van der Waals surface area contributed by atoms with Gasteiger partial charge in [-0.3, -0.25) is 4.98 Å². The van der Waals surface area contributed by atoms with Crippen LogP contribution in [0.15, 0.2) is 51.8 Å². The van der Waals surface area contributed by atoms with Crippen molar-refractivity contribution >= 4 is 40.2 Å². The van der Waals surface area contributed by atoms with E-state index in [1.165, 1.54) is 6.20 Å². The zero-order valence-corrected chi connectivity index (χ0v) is 16.0. The number of nitrogens with one attached hydrogen (secondary N) is 3. The van der Waals surface area contributed by atoms with Crippen molar-refractivity contribution in [2.75, 3.05) is 17.7 Å². The van der Waals surface area contributed by atoms with Crippen LogP contribution in [0.3, 0.4) is 0 Å². The van der Waals surface area contributed by atoms with Gasteiger partial charge in [-0.15, -0.1) is 0 Å². The molecule has 0 fully saturated rings. The van der Waals surface area contributed by atoms with Crippen molar-refractivity contribution in [1.82, 2.24) is 15.0 Å². The zero-order chi connectivity index (χ0) is 21.3. The molecule has 152 valence electrons. The minimum atomic E-state index is -1.18. The van der Waals surface area contributed by atoms with Gasteiger partial charge in [0, 0.05) is 23.6 Å². The number of aromatic amines is 1. The summed E-state index contributed by atoms with van der Waals surface area (Å²) < 4.78 is 10.3. The third kappa shape index (κ3) is 3.78. The van der Waals surface area contributed by atoms with E-state index in [1.807, 2.05) is 19.1 Å². The molecule has 2 heterocycles. The number of hydrogen-bond donors (Lipinski definition) is 4. The van der Waals surface area contributed by atoms with Crippen LogP contribution in [-0.4, -0.2) is 33.1 Å². The number of benzene rings is 2. The topological polar surface area (TPSA) is 142 Å². The Balaban J connectivity index is 1.67. The second-order valence-electron chi connectivity index (χ2n) is 6.42. The lowest BCUT2D eigenvalue weighted by Gasteiger charge is -2.12. The van der Waals surface area contributed by atoms with E-state index in [1.54, 1.807) is 31.4 Å². The largest absolute Gasteiger partial charge is 0.496 e. The smallest absolute Gasteiger partial charge is 0.417 e. The van der Waals surface area contributed by atoms with Gasteiger partial charge in [0.2, 0.25) is 5.95 Å². The van der Waals surface area contributed by atoms with E-state index in [9.17, 15) is 14.7 Å². The highest BCUT2D eigenvalue weighted by Crippen LogP contribution is 2.26. The Bertz CT molecular complexity index is 1310. The molecule has 0 amide bonds. The number of aromatic nitrogens is 3. The monoisotopic (exact) mass is 407 g/mol.